The summed E-state index contributed by atoms with van der Waals surface area (Å²) in [5.41, 5.74) is -1.02. The number of hydrogen-bond acceptors (Lipinski definition) is 6. The lowest BCUT2D eigenvalue weighted by molar-refractivity contribution is 0.0155. The van der Waals surface area contributed by atoms with Crippen molar-refractivity contribution in [2.24, 2.45) is 0 Å². The van der Waals surface area contributed by atoms with Gasteiger partial charge in [-0.15, -0.1) is 0 Å². The fourth-order valence-electron chi connectivity index (χ4n) is 1.49. The molecule has 0 saturated carbocycles. The van der Waals surface area contributed by atoms with E-state index in [0.717, 1.165) is 0 Å². The Kier molecular flexibility index (Phi) is 10.5. The minimum Gasteiger partial charge on any atom is -0.444 e. The summed E-state index contributed by atoms with van der Waals surface area (Å²) in [4.78, 5) is 24.6. The second-order valence-electron chi connectivity index (χ2n) is 7.56. The number of amides is 2. The number of likely N-dealkylation sites (N-methyl/N-ethyl adjacent to an activating group) is 1. The van der Waals surface area contributed by atoms with Crippen LogP contribution < -0.4 is 5.32 Å². The molecule has 0 radical (unpaired) electrons. The molecular weight excluding hydrogens is 328 g/mol. The Bertz CT molecular complexity index is 401. The summed E-state index contributed by atoms with van der Waals surface area (Å²) < 4.78 is 21.1. The third-order valence-electron chi connectivity index (χ3n) is 2.56. The van der Waals surface area contributed by atoms with Crippen molar-refractivity contribution in [3.05, 3.63) is 0 Å². The minimum atomic E-state index is -0.509. The third-order valence-corrected chi connectivity index (χ3v) is 2.56. The van der Waals surface area contributed by atoms with E-state index in [0.29, 0.717) is 39.5 Å². The number of alkyl carbamates (subject to hydrolysis) is 1. The largest absolute Gasteiger partial charge is 0.444 e. The van der Waals surface area contributed by atoms with E-state index in [9.17, 15) is 9.59 Å². The van der Waals surface area contributed by atoms with Gasteiger partial charge in [0, 0.05) is 20.1 Å². The average molecular weight is 362 g/mol. The molecule has 0 aliphatic carbocycles. The van der Waals surface area contributed by atoms with E-state index in [1.807, 2.05) is 20.8 Å². The van der Waals surface area contributed by atoms with Gasteiger partial charge in [0.05, 0.1) is 26.4 Å². The molecule has 8 nitrogen and oxygen atoms in total. The quantitative estimate of drug-likeness (QED) is 0.634. The molecule has 0 aromatic carbocycles. The van der Waals surface area contributed by atoms with Gasteiger partial charge in [-0.1, -0.05) is 0 Å². The summed E-state index contributed by atoms with van der Waals surface area (Å²) in [6.07, 6.45) is -0.835. The molecule has 8 heteroatoms. The highest BCUT2D eigenvalue weighted by Gasteiger charge is 2.19. The van der Waals surface area contributed by atoms with Gasteiger partial charge in [-0.3, -0.25) is 0 Å². The van der Waals surface area contributed by atoms with E-state index >= 15 is 0 Å². The number of rotatable bonds is 9. The van der Waals surface area contributed by atoms with E-state index in [1.54, 1.807) is 27.8 Å². The van der Waals surface area contributed by atoms with Crippen LogP contribution in [0, 0.1) is 0 Å². The molecule has 0 aromatic heterocycles. The van der Waals surface area contributed by atoms with Crippen molar-refractivity contribution >= 4 is 12.2 Å². The molecule has 0 aliphatic rings. The summed E-state index contributed by atoms with van der Waals surface area (Å²) in [6, 6.07) is 0. The molecule has 25 heavy (non-hydrogen) atoms. The van der Waals surface area contributed by atoms with Gasteiger partial charge < -0.3 is 29.2 Å². The zero-order valence-corrected chi connectivity index (χ0v) is 16.6. The van der Waals surface area contributed by atoms with E-state index in [1.165, 1.54) is 4.90 Å². The van der Waals surface area contributed by atoms with Gasteiger partial charge in [0.15, 0.2) is 0 Å². The highest BCUT2D eigenvalue weighted by atomic mass is 16.6. The summed E-state index contributed by atoms with van der Waals surface area (Å²) in [5, 5.41) is 2.60. The topological polar surface area (TPSA) is 86.3 Å². The van der Waals surface area contributed by atoms with Gasteiger partial charge in [0.2, 0.25) is 0 Å². The summed E-state index contributed by atoms with van der Waals surface area (Å²) in [6.45, 7) is 13.3. The highest BCUT2D eigenvalue weighted by Crippen LogP contribution is 2.08. The first-order valence-corrected chi connectivity index (χ1v) is 8.47. The molecule has 0 atom stereocenters. The first-order valence-electron chi connectivity index (χ1n) is 8.47. The second-order valence-corrected chi connectivity index (χ2v) is 7.56. The summed E-state index contributed by atoms with van der Waals surface area (Å²) in [5.74, 6) is 0. The molecular formula is C17H34N2O6. The number of carbonyl (C=O) groups is 2. The van der Waals surface area contributed by atoms with E-state index in [-0.39, 0.29) is 6.09 Å². The lowest BCUT2D eigenvalue weighted by atomic mass is 10.2. The third kappa shape index (κ3) is 15.7. The van der Waals surface area contributed by atoms with Crippen molar-refractivity contribution in [1.29, 1.82) is 0 Å². The number of nitrogens with one attached hydrogen (secondary N) is 1. The van der Waals surface area contributed by atoms with Crippen molar-refractivity contribution in [3.63, 3.8) is 0 Å². The molecule has 0 aliphatic heterocycles. The van der Waals surface area contributed by atoms with Crippen LogP contribution in [0.4, 0.5) is 9.59 Å². The Hall–Kier alpha value is -1.54. The lowest BCUT2D eigenvalue weighted by Gasteiger charge is -2.24. The molecule has 0 saturated heterocycles. The maximum atomic E-state index is 11.7. The fourth-order valence-corrected chi connectivity index (χ4v) is 1.49. The normalized spacial score (nSPS) is 11.8. The molecule has 1 N–H and O–H groups in total. The first-order chi connectivity index (χ1) is 11.4. The number of nitrogens with zero attached hydrogens (tertiary/aromatic N) is 1. The van der Waals surface area contributed by atoms with Crippen LogP contribution >= 0.6 is 0 Å². The Labute approximate surface area is 151 Å². The van der Waals surface area contributed by atoms with Gasteiger partial charge >= 0.3 is 12.2 Å². The van der Waals surface area contributed by atoms with Crippen molar-refractivity contribution in [3.8, 4) is 0 Å². The van der Waals surface area contributed by atoms with Crippen LogP contribution in [-0.2, 0) is 18.9 Å². The molecule has 0 heterocycles. The van der Waals surface area contributed by atoms with Gasteiger partial charge in [0.1, 0.15) is 11.2 Å². The fraction of sp³-hybridized carbons (Fsp3) is 0.882. The average Bonchev–Trinajstić information content (AvgIpc) is 2.41. The molecule has 2 amide bonds. The summed E-state index contributed by atoms with van der Waals surface area (Å²) >= 11 is 0. The monoisotopic (exact) mass is 362 g/mol. The Morgan fingerprint density at radius 1 is 0.840 bits per heavy atom. The van der Waals surface area contributed by atoms with Crippen LogP contribution in [0.5, 0.6) is 0 Å². The number of carbonyl (C=O) groups excluding carboxylic acids is 2. The minimum absolute atomic E-state index is 0.371. The Morgan fingerprint density at radius 2 is 1.36 bits per heavy atom. The van der Waals surface area contributed by atoms with Crippen molar-refractivity contribution in [2.75, 3.05) is 46.6 Å². The van der Waals surface area contributed by atoms with Gasteiger partial charge in [-0.05, 0) is 41.5 Å². The molecule has 148 valence electrons. The van der Waals surface area contributed by atoms with Gasteiger partial charge in [0.25, 0.3) is 0 Å². The van der Waals surface area contributed by atoms with Crippen LogP contribution in [0.15, 0.2) is 0 Å². The smallest absolute Gasteiger partial charge is 0.410 e. The maximum Gasteiger partial charge on any atom is 0.410 e. The predicted octanol–water partition coefficient (Wildman–Crippen LogP) is 2.41. The molecule has 0 unspecified atom stereocenters. The van der Waals surface area contributed by atoms with Gasteiger partial charge in [-0.25, -0.2) is 9.59 Å². The zero-order valence-electron chi connectivity index (χ0n) is 16.6. The van der Waals surface area contributed by atoms with Gasteiger partial charge in [-0.2, -0.15) is 0 Å². The van der Waals surface area contributed by atoms with Crippen molar-refractivity contribution in [2.45, 2.75) is 52.7 Å². The summed E-state index contributed by atoms with van der Waals surface area (Å²) in [7, 11) is 1.66. The molecule has 0 rings (SSSR count). The Balaban J connectivity index is 3.53. The maximum absolute atomic E-state index is 11.7. The lowest BCUT2D eigenvalue weighted by Crippen LogP contribution is -2.36. The van der Waals surface area contributed by atoms with Crippen LogP contribution in [0.2, 0.25) is 0 Å². The SMILES string of the molecule is CN(CCOCCOCCNC(=O)OC(C)(C)C)C(=O)OC(C)(C)C. The Morgan fingerprint density at radius 3 is 1.88 bits per heavy atom. The van der Waals surface area contributed by atoms with Crippen LogP contribution in [0.1, 0.15) is 41.5 Å². The number of ether oxygens (including phenoxy) is 4. The predicted molar refractivity (Wildman–Crippen MR) is 94.7 cm³/mol. The zero-order chi connectivity index (χ0) is 19.5. The number of hydrogen-bond donors (Lipinski definition) is 1. The van der Waals surface area contributed by atoms with Crippen molar-refractivity contribution in [1.82, 2.24) is 10.2 Å². The standard InChI is InChI=1S/C17H34N2O6/c1-16(2,3)24-14(20)18-8-10-22-12-13-23-11-9-19(7)15(21)25-17(4,5)6/h8-13H2,1-7H3,(H,18,20). The highest BCUT2D eigenvalue weighted by molar-refractivity contribution is 5.67. The van der Waals surface area contributed by atoms with Crippen LogP contribution in [0.3, 0.4) is 0 Å². The van der Waals surface area contributed by atoms with E-state index in [4.69, 9.17) is 18.9 Å². The second kappa shape index (κ2) is 11.1. The van der Waals surface area contributed by atoms with Crippen molar-refractivity contribution < 1.29 is 28.5 Å². The molecule has 0 bridgehead atoms. The molecule has 0 aromatic rings. The van der Waals surface area contributed by atoms with E-state index in [2.05, 4.69) is 5.32 Å². The first kappa shape index (κ1) is 23.5. The molecule has 0 fully saturated rings. The van der Waals surface area contributed by atoms with Crippen LogP contribution in [0.25, 0.3) is 0 Å². The van der Waals surface area contributed by atoms with E-state index < -0.39 is 17.3 Å². The van der Waals surface area contributed by atoms with Crippen LogP contribution in [-0.4, -0.2) is 74.9 Å². The molecule has 0 spiro atoms.